The van der Waals surface area contributed by atoms with Crippen LogP contribution in [0.25, 0.3) is 10.8 Å². The maximum Gasteiger partial charge on any atom is 0.305 e. The number of fused-ring (bicyclic) bond motifs is 1. The van der Waals surface area contributed by atoms with Gasteiger partial charge in [0.25, 0.3) is 0 Å². The molecule has 23 heavy (non-hydrogen) atoms. The number of nitrogens with zero attached hydrogens (tertiary/aromatic N) is 2. The summed E-state index contributed by atoms with van der Waals surface area (Å²) < 4.78 is 0. The number of rotatable bonds is 4. The van der Waals surface area contributed by atoms with E-state index in [0.717, 1.165) is 16.5 Å². The molecule has 2 aromatic rings. The smallest absolute Gasteiger partial charge is 0.305 e. The SMILES string of the molecule is CCN1C(=O)C(CC(=O)O)SC1=Nc1cccc2ccccc12. The van der Waals surface area contributed by atoms with Crippen molar-refractivity contribution < 1.29 is 14.7 Å². The highest BCUT2D eigenvalue weighted by molar-refractivity contribution is 8.15. The number of carbonyl (C=O) groups is 2. The minimum atomic E-state index is -0.974. The van der Waals surface area contributed by atoms with Crippen LogP contribution < -0.4 is 0 Å². The van der Waals surface area contributed by atoms with Crippen LogP contribution in [0.1, 0.15) is 13.3 Å². The Morgan fingerprint density at radius 2 is 2.00 bits per heavy atom. The van der Waals surface area contributed by atoms with Crippen LogP contribution in [0.4, 0.5) is 5.69 Å². The molecule has 1 aliphatic rings. The molecule has 0 bridgehead atoms. The van der Waals surface area contributed by atoms with E-state index in [-0.39, 0.29) is 12.3 Å². The molecular formula is C17H16N2O3S. The van der Waals surface area contributed by atoms with Gasteiger partial charge in [0.15, 0.2) is 5.17 Å². The van der Waals surface area contributed by atoms with Gasteiger partial charge in [-0.05, 0) is 18.4 Å². The molecule has 118 valence electrons. The van der Waals surface area contributed by atoms with Gasteiger partial charge >= 0.3 is 5.97 Å². The van der Waals surface area contributed by atoms with E-state index in [2.05, 4.69) is 4.99 Å². The Balaban J connectivity index is 2.00. The highest BCUT2D eigenvalue weighted by atomic mass is 32.2. The number of carboxylic acids is 1. The molecule has 1 saturated heterocycles. The van der Waals surface area contributed by atoms with Crippen LogP contribution in [0.3, 0.4) is 0 Å². The van der Waals surface area contributed by atoms with Gasteiger partial charge in [0.05, 0.1) is 12.1 Å². The molecule has 0 aromatic heterocycles. The fourth-order valence-electron chi connectivity index (χ4n) is 2.58. The van der Waals surface area contributed by atoms with Crippen molar-refractivity contribution in [2.75, 3.05) is 6.54 Å². The minimum absolute atomic E-state index is 0.182. The summed E-state index contributed by atoms with van der Waals surface area (Å²) in [5.74, 6) is -1.16. The lowest BCUT2D eigenvalue weighted by atomic mass is 10.1. The molecule has 6 heteroatoms. The van der Waals surface area contributed by atoms with Gasteiger partial charge in [-0.1, -0.05) is 48.2 Å². The average molecular weight is 328 g/mol. The maximum absolute atomic E-state index is 12.3. The van der Waals surface area contributed by atoms with E-state index < -0.39 is 11.2 Å². The number of hydrogen-bond donors (Lipinski definition) is 1. The molecule has 1 atom stereocenters. The third-order valence-electron chi connectivity index (χ3n) is 3.68. The summed E-state index contributed by atoms with van der Waals surface area (Å²) in [6.45, 7) is 2.34. The van der Waals surface area contributed by atoms with Gasteiger partial charge in [0, 0.05) is 11.9 Å². The van der Waals surface area contributed by atoms with Crippen LogP contribution in [0, 0.1) is 0 Å². The first kappa shape index (κ1) is 15.6. The largest absolute Gasteiger partial charge is 0.481 e. The van der Waals surface area contributed by atoms with E-state index >= 15 is 0 Å². The lowest BCUT2D eigenvalue weighted by molar-refractivity contribution is -0.139. The van der Waals surface area contributed by atoms with Crippen LogP contribution in [0.15, 0.2) is 47.5 Å². The summed E-state index contributed by atoms with van der Waals surface area (Å²) in [6, 6.07) is 13.7. The van der Waals surface area contributed by atoms with Crippen molar-refractivity contribution in [1.29, 1.82) is 0 Å². The number of thioether (sulfide) groups is 1. The first-order chi connectivity index (χ1) is 11.1. The van der Waals surface area contributed by atoms with Crippen molar-refractivity contribution in [3.05, 3.63) is 42.5 Å². The van der Waals surface area contributed by atoms with Crippen molar-refractivity contribution in [3.63, 3.8) is 0 Å². The summed E-state index contributed by atoms with van der Waals surface area (Å²) >= 11 is 1.23. The third-order valence-corrected chi connectivity index (χ3v) is 4.85. The van der Waals surface area contributed by atoms with Crippen molar-refractivity contribution >= 4 is 45.3 Å². The van der Waals surface area contributed by atoms with E-state index in [0.29, 0.717) is 11.7 Å². The van der Waals surface area contributed by atoms with Crippen LogP contribution >= 0.6 is 11.8 Å². The normalized spacial score (nSPS) is 19.7. The first-order valence-corrected chi connectivity index (χ1v) is 8.24. The highest BCUT2D eigenvalue weighted by Crippen LogP contribution is 2.33. The maximum atomic E-state index is 12.3. The number of amidine groups is 1. The summed E-state index contributed by atoms with van der Waals surface area (Å²) in [5, 5.41) is 11.0. The molecule has 1 fully saturated rings. The van der Waals surface area contributed by atoms with E-state index in [1.807, 2.05) is 49.4 Å². The van der Waals surface area contributed by atoms with Crippen LogP contribution in [0.2, 0.25) is 0 Å². The molecule has 5 nitrogen and oxygen atoms in total. The quantitative estimate of drug-likeness (QED) is 0.935. The summed E-state index contributed by atoms with van der Waals surface area (Å²) in [5.41, 5.74) is 0.785. The van der Waals surface area contributed by atoms with Gasteiger partial charge in [0.1, 0.15) is 5.25 Å². The summed E-state index contributed by atoms with van der Waals surface area (Å²) in [4.78, 5) is 29.4. The second-order valence-electron chi connectivity index (χ2n) is 5.18. The monoisotopic (exact) mass is 328 g/mol. The van der Waals surface area contributed by atoms with E-state index in [9.17, 15) is 9.59 Å². The molecule has 1 unspecified atom stereocenters. The Kier molecular flexibility index (Phi) is 4.34. The molecule has 2 aromatic carbocycles. The number of amides is 1. The first-order valence-electron chi connectivity index (χ1n) is 7.36. The lowest BCUT2D eigenvalue weighted by Crippen LogP contribution is -2.32. The molecule has 1 aliphatic heterocycles. The zero-order chi connectivity index (χ0) is 16.4. The fraction of sp³-hybridized carbons (Fsp3) is 0.235. The summed E-state index contributed by atoms with van der Waals surface area (Å²) in [6.07, 6.45) is -0.186. The summed E-state index contributed by atoms with van der Waals surface area (Å²) in [7, 11) is 0. The average Bonchev–Trinajstić information content (AvgIpc) is 2.82. The lowest BCUT2D eigenvalue weighted by Gasteiger charge is -2.13. The van der Waals surface area contributed by atoms with Gasteiger partial charge in [-0.15, -0.1) is 0 Å². The molecular weight excluding hydrogens is 312 g/mol. The van der Waals surface area contributed by atoms with E-state index in [1.165, 1.54) is 11.8 Å². The predicted octanol–water partition coefficient (Wildman–Crippen LogP) is 3.27. The number of hydrogen-bond acceptors (Lipinski definition) is 4. The highest BCUT2D eigenvalue weighted by Gasteiger charge is 2.38. The number of carbonyl (C=O) groups excluding carboxylic acids is 1. The minimum Gasteiger partial charge on any atom is -0.481 e. The Hall–Kier alpha value is -2.34. The van der Waals surface area contributed by atoms with Crippen LogP contribution in [0.5, 0.6) is 0 Å². The van der Waals surface area contributed by atoms with E-state index in [1.54, 1.807) is 4.90 Å². The van der Waals surface area contributed by atoms with Crippen LogP contribution in [-0.2, 0) is 9.59 Å². The molecule has 3 rings (SSSR count). The zero-order valence-corrected chi connectivity index (χ0v) is 13.4. The Bertz CT molecular complexity index is 798. The number of aliphatic imine (C=N–C) groups is 1. The molecule has 1 heterocycles. The topological polar surface area (TPSA) is 70.0 Å². The number of benzene rings is 2. The third kappa shape index (κ3) is 3.07. The second-order valence-corrected chi connectivity index (χ2v) is 6.35. The van der Waals surface area contributed by atoms with Crippen molar-refractivity contribution in [2.45, 2.75) is 18.6 Å². The Morgan fingerprint density at radius 1 is 1.26 bits per heavy atom. The molecule has 0 aliphatic carbocycles. The molecule has 1 N–H and O–H groups in total. The van der Waals surface area contributed by atoms with Crippen LogP contribution in [-0.4, -0.2) is 38.8 Å². The second kappa shape index (κ2) is 6.42. The molecule has 0 saturated carbocycles. The Morgan fingerprint density at radius 3 is 2.74 bits per heavy atom. The number of aliphatic carboxylic acids is 1. The predicted molar refractivity (Wildman–Crippen MR) is 92.1 cm³/mol. The fourth-order valence-corrected chi connectivity index (χ4v) is 3.79. The van der Waals surface area contributed by atoms with Gasteiger partial charge < -0.3 is 5.11 Å². The van der Waals surface area contributed by atoms with Gasteiger partial charge in [-0.2, -0.15) is 0 Å². The van der Waals surface area contributed by atoms with Gasteiger partial charge in [-0.3, -0.25) is 14.5 Å². The number of carboxylic acid groups (broad SMARTS) is 1. The van der Waals surface area contributed by atoms with Crippen molar-refractivity contribution in [2.24, 2.45) is 4.99 Å². The van der Waals surface area contributed by atoms with E-state index in [4.69, 9.17) is 5.11 Å². The standard InChI is InChI=1S/C17H16N2O3S/c1-2-19-16(22)14(10-15(20)21)23-17(19)18-13-9-5-7-11-6-3-4-8-12(11)13/h3-9,14H,2,10H2,1H3,(H,20,21). The van der Waals surface area contributed by atoms with Crippen molar-refractivity contribution in [3.8, 4) is 0 Å². The Labute approximate surface area is 138 Å². The zero-order valence-electron chi connectivity index (χ0n) is 12.6. The van der Waals surface area contributed by atoms with Crippen molar-refractivity contribution in [1.82, 2.24) is 4.90 Å². The molecule has 0 spiro atoms. The van der Waals surface area contributed by atoms with Gasteiger partial charge in [0.2, 0.25) is 5.91 Å². The molecule has 1 amide bonds. The molecule has 0 radical (unpaired) electrons. The van der Waals surface area contributed by atoms with Gasteiger partial charge in [-0.25, -0.2) is 4.99 Å².